The molecular formula is C16H16O2. The molecule has 0 aliphatic carbocycles. The highest BCUT2D eigenvalue weighted by molar-refractivity contribution is 5.89. The molecule has 2 nitrogen and oxygen atoms in total. The first-order chi connectivity index (χ1) is 8.60. The monoisotopic (exact) mass is 240 g/mol. The fourth-order valence-corrected chi connectivity index (χ4v) is 1.88. The molecule has 2 heteroatoms. The van der Waals surface area contributed by atoms with E-state index >= 15 is 0 Å². The number of rotatable bonds is 4. The molecule has 2 rings (SSSR count). The summed E-state index contributed by atoms with van der Waals surface area (Å²) in [5.41, 5.74) is 0.113. The molecule has 0 unspecified atom stereocenters. The Bertz CT molecular complexity index is 515. The van der Waals surface area contributed by atoms with E-state index in [9.17, 15) is 9.90 Å². The molecule has 0 heterocycles. The van der Waals surface area contributed by atoms with Crippen molar-refractivity contribution in [3.05, 3.63) is 71.8 Å². The molecule has 0 saturated heterocycles. The number of carbonyl (C=O) groups is 1. The number of hydrogen-bond donors (Lipinski definition) is 1. The number of carbonyl (C=O) groups excluding carboxylic acids is 1. The molecular weight excluding hydrogens is 224 g/mol. The lowest BCUT2D eigenvalue weighted by Gasteiger charge is -2.22. The van der Waals surface area contributed by atoms with Crippen LogP contribution in [0.2, 0.25) is 0 Å². The van der Waals surface area contributed by atoms with Crippen molar-refractivity contribution in [2.75, 3.05) is 0 Å². The quantitative estimate of drug-likeness (QED) is 0.892. The molecule has 0 aliphatic heterocycles. The van der Waals surface area contributed by atoms with Gasteiger partial charge >= 0.3 is 0 Å². The summed E-state index contributed by atoms with van der Waals surface area (Å²) in [6.07, 6.45) is 0.239. The third kappa shape index (κ3) is 2.66. The summed E-state index contributed by atoms with van der Waals surface area (Å²) in [5.74, 6) is -0.195. The van der Waals surface area contributed by atoms with E-state index in [2.05, 4.69) is 0 Å². The fraction of sp³-hybridized carbons (Fsp3) is 0.188. The Morgan fingerprint density at radius 3 is 2.06 bits per heavy atom. The molecule has 92 valence electrons. The molecule has 0 bridgehead atoms. The Morgan fingerprint density at radius 1 is 1.00 bits per heavy atom. The average molecular weight is 240 g/mol. The lowest BCUT2D eigenvalue weighted by Crippen LogP contribution is -2.33. The van der Waals surface area contributed by atoms with Crippen LogP contribution in [0.4, 0.5) is 0 Å². The van der Waals surface area contributed by atoms with Gasteiger partial charge in [0.05, 0.1) is 0 Å². The van der Waals surface area contributed by atoms with Crippen molar-refractivity contribution in [3.63, 3.8) is 0 Å². The molecule has 0 aliphatic rings. The normalized spacial score (nSPS) is 13.9. The molecule has 0 fully saturated rings. The third-order valence-electron chi connectivity index (χ3n) is 3.09. The van der Waals surface area contributed by atoms with Gasteiger partial charge in [-0.3, -0.25) is 4.79 Å². The van der Waals surface area contributed by atoms with Crippen molar-refractivity contribution < 1.29 is 9.90 Å². The van der Waals surface area contributed by atoms with E-state index in [0.29, 0.717) is 5.56 Å². The van der Waals surface area contributed by atoms with Crippen LogP contribution in [0.1, 0.15) is 18.1 Å². The summed E-state index contributed by atoms with van der Waals surface area (Å²) in [6.45, 7) is 1.55. The molecule has 0 radical (unpaired) electrons. The summed E-state index contributed by atoms with van der Waals surface area (Å²) < 4.78 is 0. The van der Waals surface area contributed by atoms with Gasteiger partial charge in [0.1, 0.15) is 5.60 Å². The second-order valence-electron chi connectivity index (χ2n) is 4.52. The van der Waals surface area contributed by atoms with Gasteiger partial charge in [-0.15, -0.1) is 0 Å². The molecule has 18 heavy (non-hydrogen) atoms. The maximum absolute atomic E-state index is 12.2. The van der Waals surface area contributed by atoms with Crippen LogP contribution >= 0.6 is 0 Å². The highest BCUT2D eigenvalue weighted by atomic mass is 16.3. The zero-order valence-corrected chi connectivity index (χ0v) is 10.3. The van der Waals surface area contributed by atoms with Crippen LogP contribution in [0.3, 0.4) is 0 Å². The minimum atomic E-state index is -1.43. The second kappa shape index (κ2) is 5.15. The largest absolute Gasteiger partial charge is 0.378 e. The van der Waals surface area contributed by atoms with E-state index in [-0.39, 0.29) is 12.2 Å². The van der Waals surface area contributed by atoms with Gasteiger partial charge in [-0.25, -0.2) is 0 Å². The van der Waals surface area contributed by atoms with Crippen LogP contribution in [0.5, 0.6) is 0 Å². The lowest BCUT2D eigenvalue weighted by atomic mass is 9.88. The zero-order valence-electron chi connectivity index (χ0n) is 10.3. The maximum atomic E-state index is 12.2. The smallest absolute Gasteiger partial charge is 0.172 e. The van der Waals surface area contributed by atoms with Crippen LogP contribution in [0.25, 0.3) is 0 Å². The lowest BCUT2D eigenvalue weighted by molar-refractivity contribution is -0.135. The van der Waals surface area contributed by atoms with Crippen molar-refractivity contribution in [2.24, 2.45) is 0 Å². The van der Waals surface area contributed by atoms with E-state index in [1.165, 1.54) is 0 Å². The Hall–Kier alpha value is -1.93. The average Bonchev–Trinajstić information content (AvgIpc) is 2.41. The van der Waals surface area contributed by atoms with Crippen molar-refractivity contribution in [1.82, 2.24) is 0 Å². The zero-order chi connectivity index (χ0) is 13.0. The van der Waals surface area contributed by atoms with Crippen LogP contribution in [0, 0.1) is 0 Å². The van der Waals surface area contributed by atoms with E-state index in [0.717, 1.165) is 5.56 Å². The SMILES string of the molecule is C[C@](O)(C(=O)Cc1ccccc1)c1ccccc1. The first-order valence-electron chi connectivity index (χ1n) is 5.96. The Morgan fingerprint density at radius 2 is 1.50 bits per heavy atom. The van der Waals surface area contributed by atoms with Gasteiger partial charge < -0.3 is 5.11 Å². The highest BCUT2D eigenvalue weighted by Crippen LogP contribution is 2.23. The summed E-state index contributed by atoms with van der Waals surface area (Å²) in [7, 11) is 0. The first kappa shape index (κ1) is 12.5. The molecule has 2 aromatic carbocycles. The molecule has 1 atom stereocenters. The number of hydrogen-bond acceptors (Lipinski definition) is 2. The summed E-state index contributed by atoms with van der Waals surface area (Å²) >= 11 is 0. The van der Waals surface area contributed by atoms with Gasteiger partial charge in [0, 0.05) is 6.42 Å². The summed E-state index contributed by atoms with van der Waals surface area (Å²) in [6, 6.07) is 18.5. The van der Waals surface area contributed by atoms with Crippen LogP contribution < -0.4 is 0 Å². The highest BCUT2D eigenvalue weighted by Gasteiger charge is 2.31. The van der Waals surface area contributed by atoms with Crippen molar-refractivity contribution in [1.29, 1.82) is 0 Å². The molecule has 2 aromatic rings. The Kier molecular flexibility index (Phi) is 3.58. The standard InChI is InChI=1S/C16H16O2/c1-16(18,14-10-6-3-7-11-14)15(17)12-13-8-4-2-5-9-13/h2-11,18H,12H2,1H3/t16-/m1/s1. The minimum Gasteiger partial charge on any atom is -0.378 e. The van der Waals surface area contributed by atoms with Crippen LogP contribution in [0.15, 0.2) is 60.7 Å². The van der Waals surface area contributed by atoms with E-state index in [1.807, 2.05) is 48.5 Å². The Balaban J connectivity index is 2.18. The predicted molar refractivity (Wildman–Crippen MR) is 71.2 cm³/mol. The van der Waals surface area contributed by atoms with E-state index in [4.69, 9.17) is 0 Å². The van der Waals surface area contributed by atoms with Crippen molar-refractivity contribution >= 4 is 5.78 Å². The molecule has 0 spiro atoms. The van der Waals surface area contributed by atoms with Gasteiger partial charge in [0.15, 0.2) is 5.78 Å². The van der Waals surface area contributed by atoms with Crippen molar-refractivity contribution in [2.45, 2.75) is 18.9 Å². The number of aliphatic hydroxyl groups is 1. The number of ketones is 1. The predicted octanol–water partition coefficient (Wildman–Crippen LogP) is 2.71. The molecule has 1 N–H and O–H groups in total. The van der Waals surface area contributed by atoms with Crippen molar-refractivity contribution in [3.8, 4) is 0 Å². The topological polar surface area (TPSA) is 37.3 Å². The first-order valence-corrected chi connectivity index (χ1v) is 5.96. The van der Waals surface area contributed by atoms with Gasteiger partial charge in [-0.05, 0) is 18.1 Å². The fourth-order valence-electron chi connectivity index (χ4n) is 1.88. The van der Waals surface area contributed by atoms with Gasteiger partial charge in [0.25, 0.3) is 0 Å². The summed E-state index contributed by atoms with van der Waals surface area (Å²) in [4.78, 5) is 12.2. The third-order valence-corrected chi connectivity index (χ3v) is 3.09. The number of Topliss-reactive ketones (excluding diaryl/α,β-unsaturated/α-hetero) is 1. The second-order valence-corrected chi connectivity index (χ2v) is 4.52. The van der Waals surface area contributed by atoms with Gasteiger partial charge in [-0.1, -0.05) is 60.7 Å². The molecule has 0 saturated carbocycles. The van der Waals surface area contributed by atoms with E-state index in [1.54, 1.807) is 19.1 Å². The van der Waals surface area contributed by atoms with Gasteiger partial charge in [0.2, 0.25) is 0 Å². The number of benzene rings is 2. The van der Waals surface area contributed by atoms with Crippen LogP contribution in [-0.4, -0.2) is 10.9 Å². The Labute approximate surface area is 107 Å². The minimum absolute atomic E-state index is 0.195. The van der Waals surface area contributed by atoms with Crippen LogP contribution in [-0.2, 0) is 16.8 Å². The maximum Gasteiger partial charge on any atom is 0.172 e. The van der Waals surface area contributed by atoms with E-state index < -0.39 is 5.60 Å². The summed E-state index contributed by atoms with van der Waals surface area (Å²) in [5, 5.41) is 10.4. The molecule has 0 amide bonds. The molecule has 0 aromatic heterocycles. The van der Waals surface area contributed by atoms with Gasteiger partial charge in [-0.2, -0.15) is 0 Å².